The average molecular weight is 673 g/mol. The number of fused-ring (bicyclic) bond motifs is 3. The summed E-state index contributed by atoms with van der Waals surface area (Å²) < 4.78 is 183. The highest BCUT2D eigenvalue weighted by atomic mass is 32.2. The number of nitrogens with zero attached hydrogens (tertiary/aromatic N) is 1. The van der Waals surface area contributed by atoms with Crippen LogP contribution >= 0.6 is 0 Å². The standard InChI is InChI=1S/C17H8F10O4S2.C9H20N/c18-14(19,20)16(24,25)32(28,29)12-6-5-10-9-4-2-1-3-8(9)7-11(10)13(12)33(30,31)17(26,27)15(21,22)23;1-3-7-10(2)8-5-4-6-9-10/h1-6H,7H2;3-9H2,1-2H3/q;+1. The van der Waals surface area contributed by atoms with Crippen molar-refractivity contribution in [2.24, 2.45) is 0 Å². The van der Waals surface area contributed by atoms with Gasteiger partial charge in [-0.25, -0.2) is 16.8 Å². The van der Waals surface area contributed by atoms with Gasteiger partial charge in [0.25, 0.3) is 19.7 Å². The van der Waals surface area contributed by atoms with Gasteiger partial charge in [0.1, 0.15) is 0 Å². The van der Waals surface area contributed by atoms with E-state index in [0.717, 1.165) is 0 Å². The van der Waals surface area contributed by atoms with Gasteiger partial charge >= 0.3 is 22.9 Å². The first kappa shape index (κ1) is 35.1. The molecular formula is C26H28F10NO4S2+. The van der Waals surface area contributed by atoms with Crippen molar-refractivity contribution in [1.29, 1.82) is 0 Å². The van der Waals surface area contributed by atoms with Crippen LogP contribution in [0, 0.1) is 0 Å². The Hall–Kier alpha value is -2.40. The number of hydrogen-bond acceptors (Lipinski definition) is 4. The lowest BCUT2D eigenvalue weighted by molar-refractivity contribution is -0.914. The summed E-state index contributed by atoms with van der Waals surface area (Å²) in [4.78, 5) is -5.00. The molecule has 4 rings (SSSR count). The molecule has 1 fully saturated rings. The third-order valence-electron chi connectivity index (χ3n) is 7.45. The predicted octanol–water partition coefficient (Wildman–Crippen LogP) is 7.14. The summed E-state index contributed by atoms with van der Waals surface area (Å²) in [6, 6.07) is 5.54. The van der Waals surface area contributed by atoms with Crippen LogP contribution in [0.5, 0.6) is 0 Å². The Bertz CT molecular complexity index is 1560. The second-order valence-electron chi connectivity index (χ2n) is 10.6. The van der Waals surface area contributed by atoms with Crippen molar-refractivity contribution in [3.05, 3.63) is 47.5 Å². The maximum atomic E-state index is 14.0. The molecule has 1 heterocycles. The van der Waals surface area contributed by atoms with Crippen molar-refractivity contribution in [2.45, 2.75) is 71.7 Å². The van der Waals surface area contributed by atoms with E-state index in [1.165, 1.54) is 74.1 Å². The van der Waals surface area contributed by atoms with Crippen molar-refractivity contribution >= 4 is 19.7 Å². The zero-order valence-corrected chi connectivity index (χ0v) is 24.4. The number of hydrogen-bond donors (Lipinski definition) is 0. The van der Waals surface area contributed by atoms with Crippen LogP contribution in [0.2, 0.25) is 0 Å². The number of alkyl halides is 10. The molecule has 5 nitrogen and oxygen atoms in total. The molecule has 242 valence electrons. The first-order valence-electron chi connectivity index (χ1n) is 12.9. The van der Waals surface area contributed by atoms with Gasteiger partial charge in [-0.1, -0.05) is 37.3 Å². The topological polar surface area (TPSA) is 68.3 Å². The molecule has 1 aliphatic heterocycles. The SMILES string of the molecule is CCC[N+]1(C)CCCCC1.O=S(=O)(c1ccc2c(c1S(=O)(=O)C(F)(F)C(F)(F)F)Cc1ccccc1-2)C(F)(F)C(F)(F)F. The van der Waals surface area contributed by atoms with Crippen LogP contribution < -0.4 is 0 Å². The van der Waals surface area contributed by atoms with Gasteiger partial charge in [-0.3, -0.25) is 0 Å². The lowest BCUT2D eigenvalue weighted by atomic mass is 10.1. The number of likely N-dealkylation sites (tertiary alicyclic amines) is 1. The van der Waals surface area contributed by atoms with Gasteiger partial charge in [0.15, 0.2) is 0 Å². The fourth-order valence-corrected chi connectivity index (χ4v) is 8.53. The van der Waals surface area contributed by atoms with E-state index in [-0.39, 0.29) is 17.2 Å². The van der Waals surface area contributed by atoms with Crippen molar-refractivity contribution < 1.29 is 65.2 Å². The molecule has 0 bridgehead atoms. The van der Waals surface area contributed by atoms with E-state index >= 15 is 0 Å². The van der Waals surface area contributed by atoms with Gasteiger partial charge in [-0.15, -0.1) is 0 Å². The average Bonchev–Trinajstić information content (AvgIpc) is 3.26. The van der Waals surface area contributed by atoms with Gasteiger partial charge in [0.2, 0.25) is 0 Å². The highest BCUT2D eigenvalue weighted by Gasteiger charge is 2.71. The molecule has 2 aliphatic rings. The minimum atomic E-state index is -7.20. The zero-order chi connectivity index (χ0) is 32.9. The minimum absolute atomic E-state index is 0.0332. The Labute approximate surface area is 241 Å². The maximum absolute atomic E-state index is 14.0. The van der Waals surface area contributed by atoms with Gasteiger partial charge < -0.3 is 4.48 Å². The number of sulfone groups is 2. The van der Waals surface area contributed by atoms with E-state index in [1.54, 1.807) is 0 Å². The third kappa shape index (κ3) is 6.13. The van der Waals surface area contributed by atoms with Crippen molar-refractivity contribution in [3.63, 3.8) is 0 Å². The van der Waals surface area contributed by atoms with Crippen molar-refractivity contribution in [2.75, 3.05) is 26.7 Å². The van der Waals surface area contributed by atoms with Crippen LogP contribution in [-0.2, 0) is 26.1 Å². The van der Waals surface area contributed by atoms with Crippen LogP contribution in [0.25, 0.3) is 11.1 Å². The normalized spacial score (nSPS) is 17.5. The third-order valence-corrected chi connectivity index (χ3v) is 11.3. The molecule has 0 atom stereocenters. The van der Waals surface area contributed by atoms with Crippen molar-refractivity contribution in [1.82, 2.24) is 0 Å². The predicted molar refractivity (Wildman–Crippen MR) is 136 cm³/mol. The van der Waals surface area contributed by atoms with E-state index < -0.39 is 69.9 Å². The Morgan fingerprint density at radius 3 is 1.72 bits per heavy atom. The number of quaternary nitrogens is 1. The minimum Gasteiger partial charge on any atom is -0.326 e. The van der Waals surface area contributed by atoms with Crippen LogP contribution in [0.4, 0.5) is 43.9 Å². The molecule has 1 saturated heterocycles. The Kier molecular flexibility index (Phi) is 9.39. The number of rotatable bonds is 6. The molecule has 0 spiro atoms. The highest BCUT2D eigenvalue weighted by molar-refractivity contribution is 7.95. The van der Waals surface area contributed by atoms with E-state index in [9.17, 15) is 60.7 Å². The molecular weight excluding hydrogens is 644 g/mol. The van der Waals surface area contributed by atoms with Gasteiger partial charge in [-0.05, 0) is 54.0 Å². The molecule has 0 unspecified atom stereocenters. The molecule has 43 heavy (non-hydrogen) atoms. The molecule has 2 aromatic rings. The Balaban J connectivity index is 0.000000428. The molecule has 17 heteroatoms. The van der Waals surface area contributed by atoms with Crippen LogP contribution in [-0.4, -0.2) is 70.9 Å². The lowest BCUT2D eigenvalue weighted by Gasteiger charge is -2.37. The van der Waals surface area contributed by atoms with Crippen molar-refractivity contribution in [3.8, 4) is 11.1 Å². The fourth-order valence-electron chi connectivity index (χ4n) is 5.28. The second kappa shape index (κ2) is 11.5. The molecule has 0 aromatic heterocycles. The number of benzene rings is 2. The highest BCUT2D eigenvalue weighted by Crippen LogP contribution is 2.52. The van der Waals surface area contributed by atoms with Gasteiger partial charge in [-0.2, -0.15) is 43.9 Å². The summed E-state index contributed by atoms with van der Waals surface area (Å²) in [5.41, 5.74) is -1.39. The van der Waals surface area contributed by atoms with E-state index in [0.29, 0.717) is 6.07 Å². The molecule has 0 radical (unpaired) electrons. The Morgan fingerprint density at radius 2 is 1.21 bits per heavy atom. The number of halogens is 10. The largest absolute Gasteiger partial charge is 0.469 e. The number of piperidine rings is 1. The summed E-state index contributed by atoms with van der Waals surface area (Å²) in [5, 5.41) is -13.4. The smallest absolute Gasteiger partial charge is 0.326 e. The summed E-state index contributed by atoms with van der Waals surface area (Å²) >= 11 is 0. The fraction of sp³-hybridized carbons (Fsp3) is 0.538. The quantitative estimate of drug-likeness (QED) is 0.206. The maximum Gasteiger partial charge on any atom is 0.469 e. The molecule has 0 saturated carbocycles. The summed E-state index contributed by atoms with van der Waals surface area (Å²) in [5.74, 6) is 0. The first-order chi connectivity index (χ1) is 19.5. The molecule has 1 aliphatic carbocycles. The lowest BCUT2D eigenvalue weighted by Crippen LogP contribution is -2.48. The molecule has 0 amide bonds. The van der Waals surface area contributed by atoms with E-state index in [1.807, 2.05) is 0 Å². The van der Waals surface area contributed by atoms with Crippen LogP contribution in [0.1, 0.15) is 43.7 Å². The first-order valence-corrected chi connectivity index (χ1v) is 15.9. The monoisotopic (exact) mass is 672 g/mol. The van der Waals surface area contributed by atoms with Crippen LogP contribution in [0.3, 0.4) is 0 Å². The van der Waals surface area contributed by atoms with E-state index in [2.05, 4.69) is 14.0 Å². The summed E-state index contributed by atoms with van der Waals surface area (Å²) in [7, 11) is -12.0. The van der Waals surface area contributed by atoms with Crippen LogP contribution in [0.15, 0.2) is 46.2 Å². The van der Waals surface area contributed by atoms with Gasteiger partial charge in [0, 0.05) is 6.42 Å². The van der Waals surface area contributed by atoms with E-state index in [4.69, 9.17) is 0 Å². The zero-order valence-electron chi connectivity index (χ0n) is 22.8. The van der Waals surface area contributed by atoms with Gasteiger partial charge in [0.05, 0.1) is 36.5 Å². The summed E-state index contributed by atoms with van der Waals surface area (Å²) in [6.45, 7) is 6.53. The molecule has 2 aromatic carbocycles. The summed E-state index contributed by atoms with van der Waals surface area (Å²) in [6.07, 6.45) is -8.80. The Morgan fingerprint density at radius 1 is 0.698 bits per heavy atom. The second-order valence-corrected chi connectivity index (χ2v) is 14.5. The molecule has 0 N–H and O–H groups in total.